The molecule has 0 saturated heterocycles. The Labute approximate surface area is 122 Å². The molecule has 2 N–H and O–H groups in total. The average molecular weight is 281 g/mol. The summed E-state index contributed by atoms with van der Waals surface area (Å²) in [6.45, 7) is 10.3. The Morgan fingerprint density at radius 1 is 1.25 bits per heavy atom. The van der Waals surface area contributed by atoms with Gasteiger partial charge in [0.2, 0.25) is 0 Å². The minimum absolute atomic E-state index is 0.119. The van der Waals surface area contributed by atoms with Gasteiger partial charge in [-0.1, -0.05) is 24.6 Å². The molecule has 0 radical (unpaired) electrons. The van der Waals surface area contributed by atoms with Gasteiger partial charge >= 0.3 is 0 Å². The zero-order valence-corrected chi connectivity index (χ0v) is 13.0. The third-order valence-electron chi connectivity index (χ3n) is 2.83. The summed E-state index contributed by atoms with van der Waals surface area (Å²) in [4.78, 5) is 0. The van der Waals surface area contributed by atoms with Crippen LogP contribution >= 0.6 is 0 Å². The quantitative estimate of drug-likeness (QED) is 0.729. The first kappa shape index (κ1) is 17.0. The van der Waals surface area contributed by atoms with Crippen molar-refractivity contribution in [3.63, 3.8) is 0 Å². The summed E-state index contributed by atoms with van der Waals surface area (Å²) in [5, 5.41) is 13.1. The van der Waals surface area contributed by atoms with Gasteiger partial charge in [-0.2, -0.15) is 0 Å². The van der Waals surface area contributed by atoms with E-state index in [2.05, 4.69) is 25.2 Å². The van der Waals surface area contributed by atoms with Crippen molar-refractivity contribution >= 4 is 0 Å². The first-order valence-corrected chi connectivity index (χ1v) is 7.25. The molecule has 0 aromatic heterocycles. The smallest absolute Gasteiger partial charge is 0.123 e. The fourth-order valence-electron chi connectivity index (χ4n) is 1.78. The molecular formula is C16H27NO3. The molecule has 4 nitrogen and oxygen atoms in total. The molecule has 0 aliphatic rings. The van der Waals surface area contributed by atoms with E-state index in [0.717, 1.165) is 24.4 Å². The maximum absolute atomic E-state index is 9.82. The number of aliphatic hydroxyl groups excluding tert-OH is 1. The van der Waals surface area contributed by atoms with Gasteiger partial charge in [0.05, 0.1) is 12.7 Å². The third kappa shape index (κ3) is 6.37. The Kier molecular flexibility index (Phi) is 7.59. The van der Waals surface area contributed by atoms with Crippen molar-refractivity contribution in [2.45, 2.75) is 46.4 Å². The van der Waals surface area contributed by atoms with Crippen LogP contribution in [0.3, 0.4) is 0 Å². The summed E-state index contributed by atoms with van der Waals surface area (Å²) >= 11 is 0. The molecule has 114 valence electrons. The van der Waals surface area contributed by atoms with Crippen molar-refractivity contribution in [2.75, 3.05) is 19.8 Å². The molecular weight excluding hydrogens is 254 g/mol. The maximum Gasteiger partial charge on any atom is 0.123 e. The predicted octanol–water partition coefficient (Wildman–Crippen LogP) is 2.27. The van der Waals surface area contributed by atoms with Crippen LogP contribution in [-0.2, 0) is 11.3 Å². The average Bonchev–Trinajstić information content (AvgIpc) is 2.41. The Balaban J connectivity index is 2.53. The summed E-state index contributed by atoms with van der Waals surface area (Å²) in [6, 6.07) is 6.08. The van der Waals surface area contributed by atoms with Gasteiger partial charge in [0.15, 0.2) is 0 Å². The monoisotopic (exact) mass is 281 g/mol. The number of hydrogen-bond acceptors (Lipinski definition) is 4. The lowest BCUT2D eigenvalue weighted by molar-refractivity contribution is -0.0124. The summed E-state index contributed by atoms with van der Waals surface area (Å²) in [5.41, 5.74) is 2.32. The number of nitrogens with one attached hydrogen (secondary N) is 1. The SMILES string of the molecule is CCNCc1cc(C)ccc1OCC(O)COC(C)C. The van der Waals surface area contributed by atoms with Crippen molar-refractivity contribution in [3.05, 3.63) is 29.3 Å². The van der Waals surface area contributed by atoms with Crippen LogP contribution in [0.1, 0.15) is 31.9 Å². The number of hydrogen-bond donors (Lipinski definition) is 2. The lowest BCUT2D eigenvalue weighted by Gasteiger charge is -2.17. The van der Waals surface area contributed by atoms with Crippen molar-refractivity contribution in [1.82, 2.24) is 5.32 Å². The highest BCUT2D eigenvalue weighted by atomic mass is 16.5. The van der Waals surface area contributed by atoms with Crippen molar-refractivity contribution < 1.29 is 14.6 Å². The third-order valence-corrected chi connectivity index (χ3v) is 2.83. The van der Waals surface area contributed by atoms with Gasteiger partial charge in [-0.05, 0) is 33.4 Å². The van der Waals surface area contributed by atoms with E-state index >= 15 is 0 Å². The van der Waals surface area contributed by atoms with Crippen LogP contribution in [-0.4, -0.2) is 37.1 Å². The summed E-state index contributed by atoms with van der Waals surface area (Å²) in [7, 11) is 0. The van der Waals surface area contributed by atoms with Crippen molar-refractivity contribution in [2.24, 2.45) is 0 Å². The molecule has 1 rings (SSSR count). The van der Waals surface area contributed by atoms with E-state index < -0.39 is 6.10 Å². The van der Waals surface area contributed by atoms with Crippen LogP contribution in [0.4, 0.5) is 0 Å². The van der Waals surface area contributed by atoms with E-state index in [9.17, 15) is 5.11 Å². The van der Waals surface area contributed by atoms with Gasteiger partial charge in [-0.15, -0.1) is 0 Å². The molecule has 1 atom stereocenters. The second-order valence-electron chi connectivity index (χ2n) is 5.24. The van der Waals surface area contributed by atoms with Crippen LogP contribution in [0.5, 0.6) is 5.75 Å². The minimum atomic E-state index is -0.606. The summed E-state index contributed by atoms with van der Waals surface area (Å²) in [5.74, 6) is 0.820. The second-order valence-corrected chi connectivity index (χ2v) is 5.24. The Hall–Kier alpha value is -1.10. The van der Waals surface area contributed by atoms with Gasteiger partial charge in [0.25, 0.3) is 0 Å². The predicted molar refractivity (Wildman–Crippen MR) is 81.1 cm³/mol. The largest absolute Gasteiger partial charge is 0.490 e. The Bertz CT molecular complexity index is 393. The normalized spacial score (nSPS) is 12.7. The number of aryl methyl sites for hydroxylation is 1. The topological polar surface area (TPSA) is 50.7 Å². The summed E-state index contributed by atoms with van der Waals surface area (Å²) in [6.07, 6.45) is -0.487. The molecule has 0 spiro atoms. The highest BCUT2D eigenvalue weighted by Gasteiger charge is 2.09. The van der Waals surface area contributed by atoms with E-state index in [1.807, 2.05) is 26.0 Å². The van der Waals surface area contributed by atoms with Crippen molar-refractivity contribution in [3.8, 4) is 5.75 Å². The molecule has 0 amide bonds. The molecule has 20 heavy (non-hydrogen) atoms. The van der Waals surface area contributed by atoms with E-state index in [1.165, 1.54) is 5.56 Å². The Morgan fingerprint density at radius 3 is 2.65 bits per heavy atom. The molecule has 1 aromatic rings. The lowest BCUT2D eigenvalue weighted by Crippen LogP contribution is -2.25. The van der Waals surface area contributed by atoms with E-state index in [0.29, 0.717) is 6.61 Å². The number of benzene rings is 1. The number of aliphatic hydroxyl groups is 1. The zero-order valence-electron chi connectivity index (χ0n) is 13.0. The standard InChI is InChI=1S/C16H27NO3/c1-5-17-9-14-8-13(4)6-7-16(14)20-11-15(18)10-19-12(2)3/h6-8,12,15,17-18H,5,9-11H2,1-4H3. The van der Waals surface area contributed by atoms with Gasteiger partial charge in [0.1, 0.15) is 18.5 Å². The zero-order chi connectivity index (χ0) is 15.0. The molecule has 0 fully saturated rings. The molecule has 0 heterocycles. The van der Waals surface area contributed by atoms with Crippen LogP contribution in [0.15, 0.2) is 18.2 Å². The second kappa shape index (κ2) is 8.95. The lowest BCUT2D eigenvalue weighted by atomic mass is 10.1. The minimum Gasteiger partial charge on any atom is -0.490 e. The van der Waals surface area contributed by atoms with Gasteiger partial charge in [-0.3, -0.25) is 0 Å². The molecule has 1 unspecified atom stereocenters. The Morgan fingerprint density at radius 2 is 2.00 bits per heavy atom. The molecule has 1 aromatic carbocycles. The van der Waals surface area contributed by atoms with Gasteiger partial charge < -0.3 is 19.9 Å². The van der Waals surface area contributed by atoms with Crippen molar-refractivity contribution in [1.29, 1.82) is 0 Å². The molecule has 4 heteroatoms. The van der Waals surface area contributed by atoms with E-state index in [-0.39, 0.29) is 12.7 Å². The summed E-state index contributed by atoms with van der Waals surface area (Å²) < 4.78 is 11.1. The highest BCUT2D eigenvalue weighted by molar-refractivity contribution is 5.36. The first-order valence-electron chi connectivity index (χ1n) is 7.25. The molecule has 0 aliphatic heterocycles. The first-order chi connectivity index (χ1) is 9.52. The number of rotatable bonds is 9. The van der Waals surface area contributed by atoms with Gasteiger partial charge in [-0.25, -0.2) is 0 Å². The van der Waals surface area contributed by atoms with Gasteiger partial charge in [0, 0.05) is 12.1 Å². The van der Waals surface area contributed by atoms with Crippen LogP contribution in [0, 0.1) is 6.92 Å². The van der Waals surface area contributed by atoms with Crippen LogP contribution in [0.2, 0.25) is 0 Å². The van der Waals surface area contributed by atoms with E-state index in [1.54, 1.807) is 0 Å². The highest BCUT2D eigenvalue weighted by Crippen LogP contribution is 2.20. The molecule has 0 aliphatic carbocycles. The fraction of sp³-hybridized carbons (Fsp3) is 0.625. The van der Waals surface area contributed by atoms with Crippen LogP contribution in [0.25, 0.3) is 0 Å². The maximum atomic E-state index is 9.82. The van der Waals surface area contributed by atoms with E-state index in [4.69, 9.17) is 9.47 Å². The fourth-order valence-corrected chi connectivity index (χ4v) is 1.78. The number of ether oxygens (including phenoxy) is 2. The molecule has 0 saturated carbocycles. The molecule has 0 bridgehead atoms. The van der Waals surface area contributed by atoms with Crippen LogP contribution < -0.4 is 10.1 Å².